The van der Waals surface area contributed by atoms with E-state index in [0.717, 1.165) is 64.9 Å². The van der Waals surface area contributed by atoms with E-state index in [1.165, 1.54) is 6.42 Å². The van der Waals surface area contributed by atoms with Crippen molar-refractivity contribution in [1.82, 2.24) is 9.97 Å². The first-order valence-electron chi connectivity index (χ1n) is 11.0. The number of anilines is 1. The highest BCUT2D eigenvalue weighted by molar-refractivity contribution is 5.95. The van der Waals surface area contributed by atoms with Gasteiger partial charge in [0.25, 0.3) is 0 Å². The van der Waals surface area contributed by atoms with Gasteiger partial charge in [0.05, 0.1) is 22.4 Å². The van der Waals surface area contributed by atoms with E-state index in [1.807, 2.05) is 54.6 Å². The third-order valence-corrected chi connectivity index (χ3v) is 6.00. The second kappa shape index (κ2) is 8.68. The standard InChI is InChI=1S/C27H25N3O/c31-27(21-14-8-3-9-15-21)28-22-16-17-23-24(18-22)30-26(20-12-6-2-7-13-20)25(29-23)19-10-4-1-5-11-19/h1-2,4-7,10-13,16-18,21H,3,8-9,14-15H2,(H,28,31). The van der Waals surface area contributed by atoms with Crippen LogP contribution >= 0.6 is 0 Å². The molecule has 31 heavy (non-hydrogen) atoms. The largest absolute Gasteiger partial charge is 0.326 e. The molecule has 154 valence electrons. The van der Waals surface area contributed by atoms with Crippen molar-refractivity contribution in [2.75, 3.05) is 5.32 Å². The van der Waals surface area contributed by atoms with E-state index in [1.54, 1.807) is 0 Å². The average molecular weight is 408 g/mol. The Bertz CT molecular complexity index is 1200. The fourth-order valence-electron chi connectivity index (χ4n) is 4.34. The van der Waals surface area contributed by atoms with Crippen LogP contribution in [0.15, 0.2) is 78.9 Å². The van der Waals surface area contributed by atoms with Crippen LogP contribution in [0, 0.1) is 5.92 Å². The van der Waals surface area contributed by atoms with E-state index in [-0.39, 0.29) is 11.8 Å². The van der Waals surface area contributed by atoms with Gasteiger partial charge in [-0.15, -0.1) is 0 Å². The first-order valence-corrected chi connectivity index (χ1v) is 11.0. The van der Waals surface area contributed by atoms with Crippen molar-refractivity contribution in [2.45, 2.75) is 32.1 Å². The lowest BCUT2D eigenvalue weighted by atomic mass is 9.88. The number of hydrogen-bond donors (Lipinski definition) is 1. The van der Waals surface area contributed by atoms with Gasteiger partial charge in [-0.25, -0.2) is 9.97 Å². The Balaban J connectivity index is 1.55. The molecule has 1 aliphatic carbocycles. The van der Waals surface area contributed by atoms with Crippen molar-refractivity contribution in [3.8, 4) is 22.5 Å². The van der Waals surface area contributed by atoms with Gasteiger partial charge in [0.15, 0.2) is 0 Å². The molecule has 1 aliphatic rings. The number of rotatable bonds is 4. The summed E-state index contributed by atoms with van der Waals surface area (Å²) < 4.78 is 0. The predicted octanol–water partition coefficient (Wildman–Crippen LogP) is 6.48. The summed E-state index contributed by atoms with van der Waals surface area (Å²) in [5.41, 5.74) is 6.13. The minimum Gasteiger partial charge on any atom is -0.326 e. The van der Waals surface area contributed by atoms with Gasteiger partial charge in [-0.3, -0.25) is 4.79 Å². The lowest BCUT2D eigenvalue weighted by molar-refractivity contribution is -0.120. The first-order chi connectivity index (χ1) is 15.3. The lowest BCUT2D eigenvalue weighted by Crippen LogP contribution is -2.24. The molecule has 5 rings (SSSR count). The molecule has 0 spiro atoms. The Morgan fingerprint density at radius 2 is 1.29 bits per heavy atom. The van der Waals surface area contributed by atoms with E-state index in [2.05, 4.69) is 29.6 Å². The summed E-state index contributed by atoms with van der Waals surface area (Å²) in [7, 11) is 0. The second-order valence-corrected chi connectivity index (χ2v) is 8.18. The van der Waals surface area contributed by atoms with E-state index in [9.17, 15) is 4.79 Å². The normalized spacial score (nSPS) is 14.5. The van der Waals surface area contributed by atoms with Crippen LogP contribution < -0.4 is 5.32 Å². The zero-order chi connectivity index (χ0) is 21.0. The zero-order valence-corrected chi connectivity index (χ0v) is 17.4. The zero-order valence-electron chi connectivity index (χ0n) is 17.4. The van der Waals surface area contributed by atoms with Gasteiger partial charge in [-0.1, -0.05) is 79.9 Å². The Labute approximate surface area is 182 Å². The maximum atomic E-state index is 12.7. The minimum atomic E-state index is 0.121. The monoisotopic (exact) mass is 407 g/mol. The maximum absolute atomic E-state index is 12.7. The van der Waals surface area contributed by atoms with Gasteiger partial charge >= 0.3 is 0 Å². The number of fused-ring (bicyclic) bond motifs is 1. The lowest BCUT2D eigenvalue weighted by Gasteiger charge is -2.20. The Hall–Kier alpha value is -3.53. The molecule has 0 bridgehead atoms. The molecule has 1 saturated carbocycles. The molecule has 0 radical (unpaired) electrons. The van der Waals surface area contributed by atoms with Crippen LogP contribution in [0.5, 0.6) is 0 Å². The number of nitrogens with zero attached hydrogens (tertiary/aromatic N) is 2. The summed E-state index contributed by atoms with van der Waals surface area (Å²) in [5.74, 6) is 0.243. The Morgan fingerprint density at radius 3 is 1.90 bits per heavy atom. The summed E-state index contributed by atoms with van der Waals surface area (Å²) in [6.45, 7) is 0. The van der Waals surface area contributed by atoms with Gasteiger partial charge in [0, 0.05) is 22.7 Å². The fraction of sp³-hybridized carbons (Fsp3) is 0.222. The molecule has 1 amide bonds. The van der Waals surface area contributed by atoms with Gasteiger partial charge < -0.3 is 5.32 Å². The number of carbonyl (C=O) groups excluding carboxylic acids is 1. The highest BCUT2D eigenvalue weighted by atomic mass is 16.1. The van der Waals surface area contributed by atoms with Crippen LogP contribution in [-0.4, -0.2) is 15.9 Å². The number of aromatic nitrogens is 2. The smallest absolute Gasteiger partial charge is 0.227 e. The van der Waals surface area contributed by atoms with Crippen molar-refractivity contribution in [1.29, 1.82) is 0 Å². The van der Waals surface area contributed by atoms with E-state index >= 15 is 0 Å². The molecular weight excluding hydrogens is 382 g/mol. The van der Waals surface area contributed by atoms with Crippen molar-refractivity contribution in [3.63, 3.8) is 0 Å². The quantitative estimate of drug-likeness (QED) is 0.421. The molecule has 4 heteroatoms. The van der Waals surface area contributed by atoms with E-state index in [4.69, 9.17) is 9.97 Å². The number of hydrogen-bond acceptors (Lipinski definition) is 3. The number of carbonyl (C=O) groups is 1. The van der Waals surface area contributed by atoms with Gasteiger partial charge in [-0.2, -0.15) is 0 Å². The number of nitrogens with one attached hydrogen (secondary N) is 1. The maximum Gasteiger partial charge on any atom is 0.227 e. The van der Waals surface area contributed by atoms with Crippen molar-refractivity contribution < 1.29 is 4.79 Å². The van der Waals surface area contributed by atoms with Crippen LogP contribution in [0.4, 0.5) is 5.69 Å². The summed E-state index contributed by atoms with van der Waals surface area (Å²) in [6.07, 6.45) is 5.49. The second-order valence-electron chi connectivity index (χ2n) is 8.18. The van der Waals surface area contributed by atoms with Crippen LogP contribution in [0.2, 0.25) is 0 Å². The van der Waals surface area contributed by atoms with Crippen LogP contribution in [0.1, 0.15) is 32.1 Å². The topological polar surface area (TPSA) is 54.9 Å². The summed E-state index contributed by atoms with van der Waals surface area (Å²) in [4.78, 5) is 22.6. The number of benzene rings is 3. The predicted molar refractivity (Wildman–Crippen MR) is 126 cm³/mol. The summed E-state index contributed by atoms with van der Waals surface area (Å²) in [6, 6.07) is 26.1. The molecule has 0 unspecified atom stereocenters. The van der Waals surface area contributed by atoms with Crippen LogP contribution in [0.3, 0.4) is 0 Å². The molecule has 4 nitrogen and oxygen atoms in total. The summed E-state index contributed by atoms with van der Waals surface area (Å²) >= 11 is 0. The van der Waals surface area contributed by atoms with Crippen molar-refractivity contribution in [3.05, 3.63) is 78.9 Å². The highest BCUT2D eigenvalue weighted by Crippen LogP contribution is 2.32. The molecule has 0 atom stereocenters. The minimum absolute atomic E-state index is 0.121. The molecular formula is C27H25N3O. The van der Waals surface area contributed by atoms with Crippen molar-refractivity contribution >= 4 is 22.6 Å². The molecule has 1 fully saturated rings. The molecule has 0 aliphatic heterocycles. The molecule has 1 aromatic heterocycles. The van der Waals surface area contributed by atoms with Crippen LogP contribution in [-0.2, 0) is 4.79 Å². The van der Waals surface area contributed by atoms with E-state index < -0.39 is 0 Å². The average Bonchev–Trinajstić information content (AvgIpc) is 2.85. The van der Waals surface area contributed by atoms with E-state index in [0.29, 0.717) is 0 Å². The molecule has 0 saturated heterocycles. The van der Waals surface area contributed by atoms with Gasteiger partial charge in [0.1, 0.15) is 0 Å². The molecule has 1 N–H and O–H groups in total. The Kier molecular flexibility index (Phi) is 5.44. The highest BCUT2D eigenvalue weighted by Gasteiger charge is 2.21. The third-order valence-electron chi connectivity index (χ3n) is 6.00. The van der Waals surface area contributed by atoms with Gasteiger partial charge in [0.2, 0.25) is 5.91 Å². The first kappa shape index (κ1) is 19.4. The fourth-order valence-corrected chi connectivity index (χ4v) is 4.34. The van der Waals surface area contributed by atoms with Gasteiger partial charge in [-0.05, 0) is 31.0 Å². The molecule has 4 aromatic rings. The molecule has 3 aromatic carbocycles. The number of amides is 1. The summed E-state index contributed by atoms with van der Waals surface area (Å²) in [5, 5.41) is 3.10. The SMILES string of the molecule is O=C(Nc1ccc2nc(-c3ccccc3)c(-c3ccccc3)nc2c1)C1CCCCC1. The molecule has 1 heterocycles. The van der Waals surface area contributed by atoms with Crippen molar-refractivity contribution in [2.24, 2.45) is 5.92 Å². The Morgan fingerprint density at radius 1 is 0.710 bits per heavy atom. The van der Waals surface area contributed by atoms with Crippen LogP contribution in [0.25, 0.3) is 33.5 Å². The third kappa shape index (κ3) is 4.19.